The Morgan fingerprint density at radius 2 is 1.77 bits per heavy atom. The molecule has 6 heteroatoms. The quantitative estimate of drug-likeness (QED) is 0.848. The molecular weight excluding hydrogens is 284 g/mol. The van der Waals surface area contributed by atoms with Gasteiger partial charge in [-0.05, 0) is 19.4 Å². The van der Waals surface area contributed by atoms with Gasteiger partial charge in [0, 0.05) is 12.6 Å². The van der Waals surface area contributed by atoms with Crippen LogP contribution in [0.1, 0.15) is 31.0 Å². The van der Waals surface area contributed by atoms with Crippen LogP contribution >= 0.6 is 0 Å². The van der Waals surface area contributed by atoms with Gasteiger partial charge in [-0.2, -0.15) is 0 Å². The Kier molecular flexibility index (Phi) is 4.30. The van der Waals surface area contributed by atoms with Crippen molar-refractivity contribution >= 4 is 17.9 Å². The molecule has 1 heterocycles. The average molecular weight is 302 g/mol. The molecule has 0 spiro atoms. The monoisotopic (exact) mass is 302 g/mol. The topological polar surface area (TPSA) is 75.7 Å². The number of carbonyl (C=O) groups excluding carboxylic acids is 3. The van der Waals surface area contributed by atoms with Crippen LogP contribution in [-0.2, 0) is 14.3 Å². The summed E-state index contributed by atoms with van der Waals surface area (Å²) in [4.78, 5) is 37.2. The maximum atomic E-state index is 12.2. The van der Waals surface area contributed by atoms with E-state index in [0.29, 0.717) is 11.3 Å². The maximum absolute atomic E-state index is 12.2. The first-order valence-corrected chi connectivity index (χ1v) is 6.83. The highest BCUT2D eigenvalue weighted by molar-refractivity contribution is 6.01. The Morgan fingerprint density at radius 1 is 1.18 bits per heavy atom. The molecule has 1 N–H and O–H groups in total. The standard InChI is InChI=1S/C16H18N2O4/c1-9-5-7-12(8-6-9)14-13(15(20)22-4)10(2)17-16(21)18(14)11(3)19/h5-8,14H,1-4H3,(H,17,21)/t14-/m0/s1. The van der Waals surface area contributed by atoms with Crippen molar-refractivity contribution in [1.29, 1.82) is 0 Å². The van der Waals surface area contributed by atoms with Crippen molar-refractivity contribution in [2.75, 3.05) is 7.11 Å². The molecule has 22 heavy (non-hydrogen) atoms. The third-order valence-electron chi connectivity index (χ3n) is 3.59. The number of benzene rings is 1. The van der Waals surface area contributed by atoms with E-state index in [0.717, 1.165) is 10.5 Å². The van der Waals surface area contributed by atoms with Crippen LogP contribution < -0.4 is 5.32 Å². The van der Waals surface area contributed by atoms with Gasteiger partial charge in [-0.3, -0.25) is 9.69 Å². The van der Waals surface area contributed by atoms with Gasteiger partial charge in [0.2, 0.25) is 5.91 Å². The summed E-state index contributed by atoms with van der Waals surface area (Å²) in [7, 11) is 1.27. The molecule has 1 aromatic carbocycles. The zero-order valence-corrected chi connectivity index (χ0v) is 13.0. The smallest absolute Gasteiger partial charge is 0.337 e. The largest absolute Gasteiger partial charge is 0.466 e. The highest BCUT2D eigenvalue weighted by atomic mass is 16.5. The van der Waals surface area contributed by atoms with Crippen LogP contribution in [-0.4, -0.2) is 29.9 Å². The van der Waals surface area contributed by atoms with Crippen LogP contribution in [0.15, 0.2) is 35.5 Å². The molecule has 0 radical (unpaired) electrons. The lowest BCUT2D eigenvalue weighted by Gasteiger charge is -2.35. The van der Waals surface area contributed by atoms with Gasteiger partial charge >= 0.3 is 12.0 Å². The predicted octanol–water partition coefficient (Wildman–Crippen LogP) is 2.05. The predicted molar refractivity (Wildman–Crippen MR) is 79.7 cm³/mol. The van der Waals surface area contributed by atoms with E-state index in [1.165, 1.54) is 14.0 Å². The molecule has 6 nitrogen and oxygen atoms in total. The number of aryl methyl sites for hydroxylation is 1. The number of hydrogen-bond donors (Lipinski definition) is 1. The molecule has 1 aromatic rings. The van der Waals surface area contributed by atoms with Crippen LogP contribution in [0.2, 0.25) is 0 Å². The third-order valence-corrected chi connectivity index (χ3v) is 3.59. The number of methoxy groups -OCH3 is 1. The zero-order chi connectivity index (χ0) is 16.4. The SMILES string of the molecule is COC(=O)C1=C(C)NC(=O)N(C(C)=O)[C@H]1c1ccc(C)cc1. The van der Waals surface area contributed by atoms with Crippen molar-refractivity contribution in [2.45, 2.75) is 26.8 Å². The normalized spacial score (nSPS) is 18.1. The van der Waals surface area contributed by atoms with E-state index in [-0.39, 0.29) is 5.57 Å². The number of esters is 1. The lowest BCUT2D eigenvalue weighted by Crippen LogP contribution is -2.50. The molecule has 0 unspecified atom stereocenters. The number of amides is 3. The van der Waals surface area contributed by atoms with Gasteiger partial charge in [0.15, 0.2) is 0 Å². The van der Waals surface area contributed by atoms with Crippen molar-refractivity contribution in [1.82, 2.24) is 10.2 Å². The van der Waals surface area contributed by atoms with Gasteiger partial charge in [-0.25, -0.2) is 9.59 Å². The fourth-order valence-corrected chi connectivity index (χ4v) is 2.50. The Labute approximate surface area is 128 Å². The van der Waals surface area contributed by atoms with Gasteiger partial charge in [-0.15, -0.1) is 0 Å². The van der Waals surface area contributed by atoms with Crippen molar-refractivity contribution in [3.05, 3.63) is 46.7 Å². The number of urea groups is 1. The third kappa shape index (κ3) is 2.72. The fourth-order valence-electron chi connectivity index (χ4n) is 2.50. The molecule has 0 aliphatic carbocycles. The molecule has 1 atom stereocenters. The number of rotatable bonds is 2. The highest BCUT2D eigenvalue weighted by Crippen LogP contribution is 2.34. The van der Waals surface area contributed by atoms with E-state index in [4.69, 9.17) is 4.74 Å². The summed E-state index contributed by atoms with van der Waals surface area (Å²) >= 11 is 0. The summed E-state index contributed by atoms with van der Waals surface area (Å²) in [6.45, 7) is 4.83. The lowest BCUT2D eigenvalue weighted by molar-refractivity contribution is -0.137. The van der Waals surface area contributed by atoms with Gasteiger partial charge in [0.1, 0.15) is 6.04 Å². The second kappa shape index (κ2) is 6.01. The minimum absolute atomic E-state index is 0.251. The minimum Gasteiger partial charge on any atom is -0.466 e. The molecule has 1 aliphatic heterocycles. The fraction of sp³-hybridized carbons (Fsp3) is 0.312. The van der Waals surface area contributed by atoms with E-state index in [1.807, 2.05) is 19.1 Å². The van der Waals surface area contributed by atoms with Gasteiger partial charge in [0.25, 0.3) is 0 Å². The van der Waals surface area contributed by atoms with E-state index >= 15 is 0 Å². The molecular formula is C16H18N2O4. The van der Waals surface area contributed by atoms with Crippen LogP contribution in [0.5, 0.6) is 0 Å². The summed E-state index contributed by atoms with van der Waals surface area (Å²) in [5.74, 6) is -1.02. The molecule has 3 amide bonds. The lowest BCUT2D eigenvalue weighted by atomic mass is 9.93. The van der Waals surface area contributed by atoms with Crippen LogP contribution in [0.3, 0.4) is 0 Å². The van der Waals surface area contributed by atoms with Gasteiger partial charge < -0.3 is 10.1 Å². The number of ether oxygens (including phenoxy) is 1. The second-order valence-electron chi connectivity index (χ2n) is 5.16. The Morgan fingerprint density at radius 3 is 2.27 bits per heavy atom. The molecule has 116 valence electrons. The van der Waals surface area contributed by atoms with Crippen molar-refractivity contribution in [2.24, 2.45) is 0 Å². The highest BCUT2D eigenvalue weighted by Gasteiger charge is 2.40. The van der Waals surface area contributed by atoms with E-state index < -0.39 is 23.9 Å². The van der Waals surface area contributed by atoms with Crippen molar-refractivity contribution in [3.8, 4) is 0 Å². The van der Waals surface area contributed by atoms with Crippen LogP contribution in [0, 0.1) is 6.92 Å². The maximum Gasteiger partial charge on any atom is 0.337 e. The Balaban J connectivity index is 2.64. The number of nitrogens with one attached hydrogen (secondary N) is 1. The van der Waals surface area contributed by atoms with Crippen LogP contribution in [0.4, 0.5) is 4.79 Å². The molecule has 0 fully saturated rings. The van der Waals surface area contributed by atoms with Crippen molar-refractivity contribution in [3.63, 3.8) is 0 Å². The molecule has 1 aliphatic rings. The molecule has 0 aromatic heterocycles. The summed E-state index contributed by atoms with van der Waals surface area (Å²) in [6.07, 6.45) is 0. The number of carbonyl (C=O) groups is 3. The number of imide groups is 1. The summed E-state index contributed by atoms with van der Waals surface area (Å²) in [5, 5.41) is 2.53. The molecule has 2 rings (SSSR count). The van der Waals surface area contributed by atoms with Gasteiger partial charge in [0.05, 0.1) is 12.7 Å². The van der Waals surface area contributed by atoms with Gasteiger partial charge in [-0.1, -0.05) is 29.8 Å². The molecule has 0 saturated carbocycles. The van der Waals surface area contributed by atoms with E-state index in [2.05, 4.69) is 5.32 Å². The Bertz CT molecular complexity index is 661. The minimum atomic E-state index is -0.792. The number of allylic oxidation sites excluding steroid dienone is 1. The van der Waals surface area contributed by atoms with E-state index in [1.54, 1.807) is 19.1 Å². The summed E-state index contributed by atoms with van der Waals surface area (Å²) < 4.78 is 4.81. The van der Waals surface area contributed by atoms with E-state index in [9.17, 15) is 14.4 Å². The molecule has 0 bridgehead atoms. The number of nitrogens with zero attached hydrogens (tertiary/aromatic N) is 1. The van der Waals surface area contributed by atoms with Crippen LogP contribution in [0.25, 0.3) is 0 Å². The first-order chi connectivity index (χ1) is 10.4. The first kappa shape index (κ1) is 15.8. The average Bonchev–Trinajstić information content (AvgIpc) is 2.46. The zero-order valence-electron chi connectivity index (χ0n) is 13.0. The summed E-state index contributed by atoms with van der Waals surface area (Å²) in [6, 6.07) is 5.98. The second-order valence-corrected chi connectivity index (χ2v) is 5.16. The van der Waals surface area contributed by atoms with Crippen molar-refractivity contribution < 1.29 is 19.1 Å². The first-order valence-electron chi connectivity index (χ1n) is 6.83. The summed E-state index contributed by atoms with van der Waals surface area (Å²) in [5.41, 5.74) is 2.36. The number of hydrogen-bond acceptors (Lipinski definition) is 4. The Hall–Kier alpha value is -2.63. The molecule has 0 saturated heterocycles.